The number of ether oxygens (including phenoxy) is 2. The number of imidazole rings is 1. The molecule has 1 N–H and O–H groups in total. The highest BCUT2D eigenvalue weighted by Gasteiger charge is 2.24. The molecule has 4 aromatic rings. The first-order valence-electron chi connectivity index (χ1n) is 11.4. The smallest absolute Gasteiger partial charge is 0.415 e. The van der Waals surface area contributed by atoms with Crippen LogP contribution in [-0.4, -0.2) is 40.2 Å². The van der Waals surface area contributed by atoms with Crippen LogP contribution < -0.4 is 15.0 Å². The number of fused-ring (bicyclic) bond motifs is 1. The van der Waals surface area contributed by atoms with Crippen LogP contribution in [0.15, 0.2) is 60.9 Å². The lowest BCUT2D eigenvalue weighted by molar-refractivity contribution is 0.0577. The molecule has 0 spiro atoms. The first kappa shape index (κ1) is 24.5. The fraction of sp³-hybridized carbons (Fsp3) is 0.259. The summed E-state index contributed by atoms with van der Waals surface area (Å²) in [6.45, 7) is 5.72. The number of methoxy groups -OCH3 is 1. The Morgan fingerprint density at radius 2 is 1.92 bits per heavy atom. The van der Waals surface area contributed by atoms with Gasteiger partial charge in [-0.15, -0.1) is 0 Å². The molecule has 0 aliphatic rings. The number of aromatic nitrogens is 3. The van der Waals surface area contributed by atoms with Gasteiger partial charge >= 0.3 is 6.09 Å². The Labute approximate surface area is 209 Å². The molecule has 4 rings (SSSR count). The number of carbonyl (C=O) groups excluding carboxylic acids is 1. The fourth-order valence-corrected chi connectivity index (χ4v) is 3.72. The van der Waals surface area contributed by atoms with E-state index in [1.54, 1.807) is 36.4 Å². The van der Waals surface area contributed by atoms with E-state index in [-0.39, 0.29) is 6.54 Å². The summed E-state index contributed by atoms with van der Waals surface area (Å²) in [6.07, 6.45) is 2.96. The van der Waals surface area contributed by atoms with Gasteiger partial charge in [0.05, 0.1) is 37.2 Å². The van der Waals surface area contributed by atoms with Gasteiger partial charge in [0.15, 0.2) is 0 Å². The molecule has 3 aromatic heterocycles. The first-order chi connectivity index (χ1) is 17.2. The number of nitrogens with one attached hydrogen (secondary N) is 1. The van der Waals surface area contributed by atoms with Crippen LogP contribution in [0, 0.1) is 11.3 Å². The second-order valence-electron chi connectivity index (χ2n) is 9.12. The highest BCUT2D eigenvalue weighted by Crippen LogP contribution is 2.31. The van der Waals surface area contributed by atoms with E-state index in [9.17, 15) is 10.1 Å². The molecule has 1 aromatic carbocycles. The van der Waals surface area contributed by atoms with Gasteiger partial charge in [-0.25, -0.2) is 9.78 Å². The summed E-state index contributed by atoms with van der Waals surface area (Å²) >= 11 is 0. The zero-order valence-electron chi connectivity index (χ0n) is 20.9. The van der Waals surface area contributed by atoms with Crippen molar-refractivity contribution in [2.45, 2.75) is 32.9 Å². The third kappa shape index (κ3) is 5.23. The average Bonchev–Trinajstić information content (AvgIpc) is 3.24. The van der Waals surface area contributed by atoms with Crippen molar-refractivity contribution in [2.24, 2.45) is 0 Å². The number of hydrogen-bond donors (Lipinski definition) is 1. The fourth-order valence-electron chi connectivity index (χ4n) is 3.72. The normalized spacial score (nSPS) is 11.1. The third-order valence-corrected chi connectivity index (χ3v) is 5.41. The molecular formula is C27H28N6O3. The Morgan fingerprint density at radius 3 is 2.50 bits per heavy atom. The monoisotopic (exact) mass is 484 g/mol. The number of benzene rings is 1. The topological polar surface area (TPSA) is 105 Å². The van der Waals surface area contributed by atoms with Crippen LogP contribution in [-0.2, 0) is 11.3 Å². The Morgan fingerprint density at radius 1 is 1.17 bits per heavy atom. The zero-order valence-corrected chi connectivity index (χ0v) is 20.9. The Balaban J connectivity index is 1.68. The lowest BCUT2D eigenvalue weighted by Crippen LogP contribution is -2.36. The van der Waals surface area contributed by atoms with Crippen molar-refractivity contribution in [3.05, 3.63) is 72.2 Å². The standard InChI is InChI=1S/C27H28N6O3/c1-27(2,3)36-26(34)33(17-20-8-11-22(35-5)16-30-20)21-9-6-19(7-10-21)24-25(29-4)32-13-12-18(15-28)14-23(32)31-24/h6-14,16,29H,17H2,1-5H3. The maximum Gasteiger partial charge on any atom is 0.415 e. The van der Waals surface area contributed by atoms with E-state index in [4.69, 9.17) is 14.5 Å². The van der Waals surface area contributed by atoms with Crippen LogP contribution in [0.25, 0.3) is 16.9 Å². The lowest BCUT2D eigenvalue weighted by Gasteiger charge is -2.27. The van der Waals surface area contributed by atoms with Crippen molar-refractivity contribution in [1.82, 2.24) is 14.4 Å². The minimum atomic E-state index is -0.650. The predicted molar refractivity (Wildman–Crippen MR) is 138 cm³/mol. The number of hydrogen-bond acceptors (Lipinski definition) is 7. The molecule has 0 bridgehead atoms. The van der Waals surface area contributed by atoms with Gasteiger partial charge in [-0.3, -0.25) is 14.3 Å². The number of rotatable bonds is 6. The Bertz CT molecular complexity index is 1410. The number of nitrogens with zero attached hydrogens (tertiary/aromatic N) is 5. The molecule has 0 atom stereocenters. The molecule has 0 radical (unpaired) electrons. The molecule has 0 unspecified atom stereocenters. The van der Waals surface area contributed by atoms with E-state index in [1.165, 1.54) is 0 Å². The van der Waals surface area contributed by atoms with Gasteiger partial charge in [0, 0.05) is 24.5 Å². The van der Waals surface area contributed by atoms with Crippen LogP contribution in [0.2, 0.25) is 0 Å². The molecule has 0 saturated carbocycles. The number of anilines is 2. The van der Waals surface area contributed by atoms with Crippen molar-refractivity contribution in [2.75, 3.05) is 24.4 Å². The molecule has 36 heavy (non-hydrogen) atoms. The summed E-state index contributed by atoms with van der Waals surface area (Å²) in [5.41, 5.74) is 3.50. The van der Waals surface area contributed by atoms with Crippen molar-refractivity contribution < 1.29 is 14.3 Å². The molecule has 1 amide bonds. The molecule has 3 heterocycles. The minimum Gasteiger partial charge on any atom is -0.495 e. The molecule has 184 valence electrons. The Kier molecular flexibility index (Phi) is 6.79. The SMILES string of the molecule is CNc1c(-c2ccc(N(Cc3ccc(OC)cn3)C(=O)OC(C)(C)C)cc2)nc2cc(C#N)ccn12. The average molecular weight is 485 g/mol. The van der Waals surface area contributed by atoms with E-state index in [0.29, 0.717) is 28.3 Å². The highest BCUT2D eigenvalue weighted by atomic mass is 16.6. The van der Waals surface area contributed by atoms with Gasteiger partial charge in [0.1, 0.15) is 28.5 Å². The van der Waals surface area contributed by atoms with Gasteiger partial charge in [0.2, 0.25) is 0 Å². The summed E-state index contributed by atoms with van der Waals surface area (Å²) in [5.74, 6) is 1.44. The molecule has 0 fully saturated rings. The second-order valence-corrected chi connectivity index (χ2v) is 9.12. The summed E-state index contributed by atoms with van der Waals surface area (Å²) in [6, 6.07) is 16.8. The number of nitriles is 1. The number of pyridine rings is 2. The second kappa shape index (κ2) is 9.96. The van der Waals surface area contributed by atoms with Crippen LogP contribution in [0.3, 0.4) is 0 Å². The van der Waals surface area contributed by atoms with E-state index in [2.05, 4.69) is 16.4 Å². The van der Waals surface area contributed by atoms with Gasteiger partial charge in [-0.1, -0.05) is 12.1 Å². The minimum absolute atomic E-state index is 0.228. The molecule has 0 saturated heterocycles. The maximum atomic E-state index is 13.1. The predicted octanol–water partition coefficient (Wildman–Crippen LogP) is 5.26. The van der Waals surface area contributed by atoms with E-state index in [1.807, 2.05) is 68.7 Å². The molecule has 9 nitrogen and oxygen atoms in total. The zero-order chi connectivity index (χ0) is 25.9. The highest BCUT2D eigenvalue weighted by molar-refractivity contribution is 5.88. The van der Waals surface area contributed by atoms with Crippen molar-refractivity contribution in [3.63, 3.8) is 0 Å². The lowest BCUT2D eigenvalue weighted by atomic mass is 10.1. The summed E-state index contributed by atoms with van der Waals surface area (Å²) in [7, 11) is 3.40. The largest absolute Gasteiger partial charge is 0.495 e. The van der Waals surface area contributed by atoms with E-state index < -0.39 is 11.7 Å². The van der Waals surface area contributed by atoms with Gasteiger partial charge in [-0.2, -0.15) is 5.26 Å². The van der Waals surface area contributed by atoms with Crippen LogP contribution in [0.4, 0.5) is 16.3 Å². The summed E-state index contributed by atoms with van der Waals surface area (Å²) < 4.78 is 12.7. The van der Waals surface area contributed by atoms with E-state index >= 15 is 0 Å². The maximum absolute atomic E-state index is 13.1. The summed E-state index contributed by atoms with van der Waals surface area (Å²) in [4.78, 5) is 23.8. The van der Waals surface area contributed by atoms with Crippen molar-refractivity contribution in [1.29, 1.82) is 5.26 Å². The number of amides is 1. The molecule has 9 heteroatoms. The van der Waals surface area contributed by atoms with Gasteiger partial charge in [0.25, 0.3) is 0 Å². The quantitative estimate of drug-likeness (QED) is 0.398. The van der Waals surface area contributed by atoms with Crippen LogP contribution in [0.5, 0.6) is 5.75 Å². The van der Waals surface area contributed by atoms with Crippen molar-refractivity contribution in [3.8, 4) is 23.1 Å². The molecule has 0 aliphatic carbocycles. The molecular weight excluding hydrogens is 456 g/mol. The van der Waals surface area contributed by atoms with Gasteiger partial charge in [-0.05, 0) is 57.2 Å². The van der Waals surface area contributed by atoms with Crippen LogP contribution >= 0.6 is 0 Å². The number of carbonyl (C=O) groups is 1. The van der Waals surface area contributed by atoms with Crippen LogP contribution in [0.1, 0.15) is 32.0 Å². The first-order valence-corrected chi connectivity index (χ1v) is 11.4. The van der Waals surface area contributed by atoms with E-state index in [0.717, 1.165) is 17.1 Å². The Hall–Kier alpha value is -4.58. The summed E-state index contributed by atoms with van der Waals surface area (Å²) in [5, 5.41) is 12.4. The van der Waals surface area contributed by atoms with Crippen molar-refractivity contribution >= 4 is 23.2 Å². The molecule has 0 aliphatic heterocycles. The van der Waals surface area contributed by atoms with Gasteiger partial charge < -0.3 is 14.8 Å². The third-order valence-electron chi connectivity index (χ3n) is 5.41.